The molecule has 0 bridgehead atoms. The molecule has 0 unspecified atom stereocenters. The molecule has 0 saturated carbocycles. The van der Waals surface area contributed by atoms with Crippen LogP contribution in [0.15, 0.2) is 48.5 Å². The molecule has 0 aliphatic heterocycles. The van der Waals surface area contributed by atoms with Gasteiger partial charge in [-0.05, 0) is 56.5 Å². The number of carbonyl (C=O) groups is 1. The fraction of sp³-hybridized carbons (Fsp3) is 0.261. The second-order valence-corrected chi connectivity index (χ2v) is 6.99. The number of carbonyl (C=O) groups excluding carboxylic acids is 1. The molecule has 0 atom stereocenters. The SMILES string of the molecule is COc1cccc(CCNc2cc(C(=O)Nc3ccc(C)cc3C)nc(C)n2)c1. The first-order valence-electron chi connectivity index (χ1n) is 9.55. The van der Waals surface area contributed by atoms with Gasteiger partial charge < -0.3 is 15.4 Å². The molecule has 2 aromatic carbocycles. The van der Waals surface area contributed by atoms with Crippen LogP contribution in [0.1, 0.15) is 33.0 Å². The number of hydrogen-bond acceptors (Lipinski definition) is 5. The summed E-state index contributed by atoms with van der Waals surface area (Å²) in [6, 6.07) is 15.5. The minimum atomic E-state index is -0.252. The van der Waals surface area contributed by atoms with E-state index in [1.54, 1.807) is 20.1 Å². The number of amides is 1. The molecule has 0 aliphatic carbocycles. The van der Waals surface area contributed by atoms with E-state index in [1.165, 1.54) is 0 Å². The van der Waals surface area contributed by atoms with Crippen molar-refractivity contribution in [3.8, 4) is 5.75 Å². The molecule has 3 rings (SSSR count). The lowest BCUT2D eigenvalue weighted by Crippen LogP contribution is -2.17. The summed E-state index contributed by atoms with van der Waals surface area (Å²) in [7, 11) is 1.66. The molecule has 2 N–H and O–H groups in total. The van der Waals surface area contributed by atoms with Gasteiger partial charge in [-0.3, -0.25) is 4.79 Å². The molecular weight excluding hydrogens is 364 g/mol. The summed E-state index contributed by atoms with van der Waals surface area (Å²) < 4.78 is 5.26. The normalized spacial score (nSPS) is 10.5. The average Bonchev–Trinajstić information content (AvgIpc) is 2.70. The van der Waals surface area contributed by atoms with Crippen LogP contribution < -0.4 is 15.4 Å². The van der Waals surface area contributed by atoms with Gasteiger partial charge in [0.1, 0.15) is 23.1 Å². The lowest BCUT2D eigenvalue weighted by molar-refractivity contribution is 0.102. The maximum Gasteiger partial charge on any atom is 0.274 e. The predicted molar refractivity (Wildman–Crippen MR) is 116 cm³/mol. The molecule has 150 valence electrons. The number of nitrogens with zero attached hydrogens (tertiary/aromatic N) is 2. The number of nitrogens with one attached hydrogen (secondary N) is 2. The van der Waals surface area contributed by atoms with Crippen molar-refractivity contribution in [2.24, 2.45) is 0 Å². The Balaban J connectivity index is 1.66. The molecule has 29 heavy (non-hydrogen) atoms. The highest BCUT2D eigenvalue weighted by Gasteiger charge is 2.12. The van der Waals surface area contributed by atoms with E-state index in [-0.39, 0.29) is 5.91 Å². The van der Waals surface area contributed by atoms with Gasteiger partial charge in [-0.2, -0.15) is 0 Å². The summed E-state index contributed by atoms with van der Waals surface area (Å²) in [5, 5.41) is 6.21. The monoisotopic (exact) mass is 390 g/mol. The summed E-state index contributed by atoms with van der Waals surface area (Å²) in [5.41, 5.74) is 4.45. The van der Waals surface area contributed by atoms with E-state index in [0.717, 1.165) is 34.5 Å². The van der Waals surface area contributed by atoms with Crippen LogP contribution in [0.4, 0.5) is 11.5 Å². The Morgan fingerprint density at radius 3 is 2.62 bits per heavy atom. The van der Waals surface area contributed by atoms with Gasteiger partial charge in [-0.25, -0.2) is 9.97 Å². The van der Waals surface area contributed by atoms with Crippen molar-refractivity contribution in [2.45, 2.75) is 27.2 Å². The number of aryl methyl sites for hydroxylation is 3. The molecule has 6 nitrogen and oxygen atoms in total. The molecule has 0 aliphatic rings. The lowest BCUT2D eigenvalue weighted by atomic mass is 10.1. The third-order valence-corrected chi connectivity index (χ3v) is 4.55. The van der Waals surface area contributed by atoms with Crippen molar-refractivity contribution >= 4 is 17.4 Å². The van der Waals surface area contributed by atoms with Gasteiger partial charge in [0, 0.05) is 18.3 Å². The summed E-state index contributed by atoms with van der Waals surface area (Å²) in [6.07, 6.45) is 0.810. The molecule has 3 aromatic rings. The zero-order valence-corrected chi connectivity index (χ0v) is 17.2. The molecule has 1 heterocycles. The number of ether oxygens (including phenoxy) is 1. The van der Waals surface area contributed by atoms with Crippen LogP contribution in [0.5, 0.6) is 5.75 Å². The van der Waals surface area contributed by atoms with Crippen molar-refractivity contribution in [1.82, 2.24) is 9.97 Å². The van der Waals surface area contributed by atoms with E-state index in [4.69, 9.17) is 4.74 Å². The second-order valence-electron chi connectivity index (χ2n) is 6.99. The molecular formula is C23H26N4O2. The van der Waals surface area contributed by atoms with Crippen molar-refractivity contribution in [3.63, 3.8) is 0 Å². The molecule has 0 fully saturated rings. The lowest BCUT2D eigenvalue weighted by Gasteiger charge is -2.11. The maximum atomic E-state index is 12.7. The van der Waals surface area contributed by atoms with Gasteiger partial charge in [0.05, 0.1) is 7.11 Å². The Bertz CT molecular complexity index is 1020. The van der Waals surface area contributed by atoms with Crippen LogP contribution in [0.3, 0.4) is 0 Å². The van der Waals surface area contributed by atoms with Crippen molar-refractivity contribution in [1.29, 1.82) is 0 Å². The third kappa shape index (κ3) is 5.54. The summed E-state index contributed by atoms with van der Waals surface area (Å²) in [5.74, 6) is 1.76. The first kappa shape index (κ1) is 20.3. The maximum absolute atomic E-state index is 12.7. The Labute approximate surface area is 171 Å². The molecule has 1 aromatic heterocycles. The Kier molecular flexibility index (Phi) is 6.44. The number of rotatable bonds is 7. The quantitative estimate of drug-likeness (QED) is 0.628. The van der Waals surface area contributed by atoms with Crippen LogP contribution in [-0.4, -0.2) is 29.5 Å². The molecule has 6 heteroatoms. The van der Waals surface area contributed by atoms with E-state index in [1.807, 2.05) is 50.2 Å². The molecule has 0 radical (unpaired) electrons. The minimum Gasteiger partial charge on any atom is -0.497 e. The van der Waals surface area contributed by atoms with Crippen LogP contribution in [-0.2, 0) is 6.42 Å². The topological polar surface area (TPSA) is 76.1 Å². The Hall–Kier alpha value is -3.41. The Morgan fingerprint density at radius 2 is 1.86 bits per heavy atom. The van der Waals surface area contributed by atoms with E-state index >= 15 is 0 Å². The number of hydrogen-bond donors (Lipinski definition) is 2. The number of benzene rings is 2. The first-order valence-corrected chi connectivity index (χ1v) is 9.55. The van der Waals surface area contributed by atoms with Gasteiger partial charge in [-0.1, -0.05) is 29.8 Å². The van der Waals surface area contributed by atoms with Crippen molar-refractivity contribution in [2.75, 3.05) is 24.3 Å². The fourth-order valence-electron chi connectivity index (χ4n) is 3.08. The Morgan fingerprint density at radius 1 is 1.03 bits per heavy atom. The fourth-order valence-corrected chi connectivity index (χ4v) is 3.08. The summed E-state index contributed by atoms with van der Waals surface area (Å²) in [4.78, 5) is 21.4. The van der Waals surface area contributed by atoms with Crippen molar-refractivity contribution < 1.29 is 9.53 Å². The largest absolute Gasteiger partial charge is 0.497 e. The summed E-state index contributed by atoms with van der Waals surface area (Å²) >= 11 is 0. The van der Waals surface area contributed by atoms with E-state index in [2.05, 4.69) is 26.7 Å². The predicted octanol–water partition coefficient (Wildman–Crippen LogP) is 4.32. The van der Waals surface area contributed by atoms with Crippen LogP contribution >= 0.6 is 0 Å². The standard InChI is InChI=1S/C23H26N4O2/c1-15-8-9-20(16(2)12-15)27-23(28)21-14-22(26-17(3)25-21)24-11-10-18-6-5-7-19(13-18)29-4/h5-9,12-14H,10-11H2,1-4H3,(H,27,28)(H,24,25,26). The van der Waals surface area contributed by atoms with Crippen LogP contribution in [0, 0.1) is 20.8 Å². The third-order valence-electron chi connectivity index (χ3n) is 4.55. The number of aromatic nitrogens is 2. The van der Waals surface area contributed by atoms with Gasteiger partial charge in [-0.15, -0.1) is 0 Å². The highest BCUT2D eigenvalue weighted by atomic mass is 16.5. The van der Waals surface area contributed by atoms with Crippen LogP contribution in [0.2, 0.25) is 0 Å². The van der Waals surface area contributed by atoms with Crippen LogP contribution in [0.25, 0.3) is 0 Å². The smallest absolute Gasteiger partial charge is 0.274 e. The zero-order valence-electron chi connectivity index (χ0n) is 17.2. The van der Waals surface area contributed by atoms with E-state index < -0.39 is 0 Å². The van der Waals surface area contributed by atoms with Gasteiger partial charge in [0.2, 0.25) is 0 Å². The number of methoxy groups -OCH3 is 1. The minimum absolute atomic E-state index is 0.252. The van der Waals surface area contributed by atoms with Gasteiger partial charge in [0.25, 0.3) is 5.91 Å². The van der Waals surface area contributed by atoms with Gasteiger partial charge >= 0.3 is 0 Å². The second kappa shape index (κ2) is 9.19. The molecule has 0 spiro atoms. The number of anilines is 2. The van der Waals surface area contributed by atoms with Crippen molar-refractivity contribution in [3.05, 3.63) is 76.7 Å². The first-order chi connectivity index (χ1) is 13.9. The molecule has 0 saturated heterocycles. The van der Waals surface area contributed by atoms with E-state index in [9.17, 15) is 4.79 Å². The average molecular weight is 390 g/mol. The highest BCUT2D eigenvalue weighted by Crippen LogP contribution is 2.18. The highest BCUT2D eigenvalue weighted by molar-refractivity contribution is 6.03. The zero-order chi connectivity index (χ0) is 20.8. The molecule has 1 amide bonds. The van der Waals surface area contributed by atoms with E-state index in [0.29, 0.717) is 23.9 Å². The van der Waals surface area contributed by atoms with Gasteiger partial charge in [0.15, 0.2) is 0 Å². The summed E-state index contributed by atoms with van der Waals surface area (Å²) in [6.45, 7) is 6.46.